The summed E-state index contributed by atoms with van der Waals surface area (Å²) >= 11 is 0. The molecule has 2 aliphatic heterocycles. The van der Waals surface area contributed by atoms with E-state index in [2.05, 4.69) is 33.0 Å². The maximum Gasteiger partial charge on any atom is 0.325 e. The predicted octanol–water partition coefficient (Wildman–Crippen LogP) is 3.14. The van der Waals surface area contributed by atoms with Crippen molar-refractivity contribution in [1.82, 2.24) is 20.0 Å². The number of nitrogens with one attached hydrogen (secondary N) is 1. The van der Waals surface area contributed by atoms with E-state index in [1.54, 1.807) is 12.1 Å². The molecule has 0 aromatic heterocycles. The molecule has 2 saturated heterocycles. The molecular formula is C27H39FN4O3. The Morgan fingerprint density at radius 2 is 1.74 bits per heavy atom. The van der Waals surface area contributed by atoms with Gasteiger partial charge in [-0.25, -0.2) is 9.18 Å². The van der Waals surface area contributed by atoms with Crippen molar-refractivity contribution in [1.29, 1.82) is 0 Å². The smallest absolute Gasteiger partial charge is 0.325 e. The zero-order valence-corrected chi connectivity index (χ0v) is 21.9. The van der Waals surface area contributed by atoms with Crippen LogP contribution in [0.1, 0.15) is 46.1 Å². The summed E-state index contributed by atoms with van der Waals surface area (Å²) in [5, 5.41) is 3.03. The van der Waals surface area contributed by atoms with Crippen LogP contribution in [0.2, 0.25) is 0 Å². The van der Waals surface area contributed by atoms with Gasteiger partial charge in [-0.2, -0.15) is 0 Å². The summed E-state index contributed by atoms with van der Waals surface area (Å²) < 4.78 is 14.0. The Bertz CT molecular complexity index is 1000. The first kappa shape index (κ1) is 25.6. The first-order valence-electron chi connectivity index (χ1n) is 12.6. The fourth-order valence-electron chi connectivity index (χ4n) is 6.25. The second kappa shape index (κ2) is 8.87. The quantitative estimate of drug-likeness (QED) is 0.601. The molecule has 3 fully saturated rings. The fraction of sp³-hybridized carbons (Fsp3) is 0.667. The standard InChI is InChI=1S/C27H39FN4O3/c1-25(2)21(26(25,3)4)22(33)31-12-10-19(11-13-31)27(17-18-8-7-9-20(28)16-18)23(34)32(24(35)29-27)15-14-30(5)6/h7-9,16,19,21H,10-15,17H2,1-6H3,(H,29,35). The average Bonchev–Trinajstić information content (AvgIpc) is 3.06. The molecule has 1 aliphatic carbocycles. The summed E-state index contributed by atoms with van der Waals surface area (Å²) in [5.74, 6) is -0.568. The number of carbonyl (C=O) groups excluding carboxylic acids is 3. The minimum absolute atomic E-state index is 0.00199. The highest BCUT2D eigenvalue weighted by Crippen LogP contribution is 2.68. The molecule has 0 bridgehead atoms. The van der Waals surface area contributed by atoms with Crippen LogP contribution in [-0.4, -0.2) is 78.4 Å². The van der Waals surface area contributed by atoms with E-state index >= 15 is 0 Å². The summed E-state index contributed by atoms with van der Waals surface area (Å²) in [6.45, 7) is 10.5. The highest BCUT2D eigenvalue weighted by atomic mass is 19.1. The van der Waals surface area contributed by atoms with E-state index in [-0.39, 0.29) is 46.7 Å². The normalized spacial score (nSPS) is 26.4. The molecule has 192 valence electrons. The summed E-state index contributed by atoms with van der Waals surface area (Å²) in [5.41, 5.74) is -0.512. The zero-order chi connectivity index (χ0) is 25.8. The van der Waals surface area contributed by atoms with Crippen molar-refractivity contribution in [3.05, 3.63) is 35.6 Å². The maximum atomic E-state index is 14.0. The molecular weight excluding hydrogens is 447 g/mol. The number of hydrogen-bond donors (Lipinski definition) is 1. The number of likely N-dealkylation sites (tertiary alicyclic amines) is 1. The Morgan fingerprint density at radius 3 is 2.29 bits per heavy atom. The zero-order valence-electron chi connectivity index (χ0n) is 21.9. The highest BCUT2D eigenvalue weighted by Gasteiger charge is 2.69. The van der Waals surface area contributed by atoms with Gasteiger partial charge in [-0.05, 0) is 61.4 Å². The topological polar surface area (TPSA) is 73.0 Å². The van der Waals surface area contributed by atoms with Crippen molar-refractivity contribution in [2.75, 3.05) is 40.3 Å². The molecule has 2 heterocycles. The molecule has 3 aliphatic rings. The van der Waals surface area contributed by atoms with Crippen LogP contribution < -0.4 is 5.32 Å². The highest BCUT2D eigenvalue weighted by molar-refractivity contribution is 6.07. The summed E-state index contributed by atoms with van der Waals surface area (Å²) in [7, 11) is 3.79. The molecule has 1 N–H and O–H groups in total. The SMILES string of the molecule is CN(C)CCN1C(=O)NC(Cc2cccc(F)c2)(C2CCN(C(=O)C3C(C)(C)C3(C)C)CC2)C1=O. The molecule has 0 spiro atoms. The van der Waals surface area contributed by atoms with Crippen molar-refractivity contribution in [3.63, 3.8) is 0 Å². The number of likely N-dealkylation sites (N-methyl/N-ethyl adjacent to an activating group) is 1. The second-order valence-corrected chi connectivity index (χ2v) is 11.9. The molecule has 7 nitrogen and oxygen atoms in total. The van der Waals surface area contributed by atoms with Gasteiger partial charge < -0.3 is 15.1 Å². The van der Waals surface area contributed by atoms with E-state index in [0.29, 0.717) is 44.6 Å². The molecule has 1 aromatic carbocycles. The Morgan fingerprint density at radius 1 is 1.11 bits per heavy atom. The summed E-state index contributed by atoms with van der Waals surface area (Å²) in [4.78, 5) is 45.2. The van der Waals surface area contributed by atoms with Gasteiger partial charge in [0.2, 0.25) is 5.91 Å². The summed E-state index contributed by atoms with van der Waals surface area (Å²) in [6, 6.07) is 5.83. The largest absolute Gasteiger partial charge is 0.342 e. The molecule has 4 rings (SSSR count). The van der Waals surface area contributed by atoms with Gasteiger partial charge in [0, 0.05) is 38.5 Å². The third-order valence-corrected chi connectivity index (χ3v) is 9.12. The first-order chi connectivity index (χ1) is 16.3. The number of rotatable bonds is 7. The first-order valence-corrected chi connectivity index (χ1v) is 12.6. The van der Waals surface area contributed by atoms with Crippen molar-refractivity contribution in [2.45, 2.75) is 52.5 Å². The van der Waals surface area contributed by atoms with Crippen molar-refractivity contribution in [3.8, 4) is 0 Å². The second-order valence-electron chi connectivity index (χ2n) is 11.9. The molecule has 35 heavy (non-hydrogen) atoms. The minimum Gasteiger partial charge on any atom is -0.342 e. The van der Waals surface area contributed by atoms with Crippen LogP contribution >= 0.6 is 0 Å². The Labute approximate surface area is 208 Å². The number of imide groups is 1. The molecule has 1 aromatic rings. The van der Waals surface area contributed by atoms with Gasteiger partial charge >= 0.3 is 6.03 Å². The number of halogens is 1. The van der Waals surface area contributed by atoms with Gasteiger partial charge in [-0.1, -0.05) is 39.8 Å². The lowest BCUT2D eigenvalue weighted by Crippen LogP contribution is -2.58. The van der Waals surface area contributed by atoms with Gasteiger partial charge in [0.1, 0.15) is 11.4 Å². The van der Waals surface area contributed by atoms with E-state index in [1.807, 2.05) is 23.9 Å². The van der Waals surface area contributed by atoms with Crippen LogP contribution in [-0.2, 0) is 16.0 Å². The van der Waals surface area contributed by atoms with Gasteiger partial charge in [0.25, 0.3) is 5.91 Å². The van der Waals surface area contributed by atoms with Crippen LogP contribution in [0.3, 0.4) is 0 Å². The predicted molar refractivity (Wildman–Crippen MR) is 132 cm³/mol. The Balaban J connectivity index is 1.55. The number of piperidine rings is 1. The van der Waals surface area contributed by atoms with E-state index < -0.39 is 11.6 Å². The average molecular weight is 487 g/mol. The maximum absolute atomic E-state index is 14.0. The molecule has 0 radical (unpaired) electrons. The number of benzene rings is 1. The number of hydrogen-bond acceptors (Lipinski definition) is 4. The van der Waals surface area contributed by atoms with Gasteiger partial charge in [0.15, 0.2) is 0 Å². The van der Waals surface area contributed by atoms with Gasteiger partial charge in [0.05, 0.1) is 0 Å². The Hall–Kier alpha value is -2.48. The molecule has 1 unspecified atom stereocenters. The van der Waals surface area contributed by atoms with E-state index in [9.17, 15) is 18.8 Å². The van der Waals surface area contributed by atoms with E-state index in [1.165, 1.54) is 17.0 Å². The van der Waals surface area contributed by atoms with Crippen molar-refractivity contribution >= 4 is 17.8 Å². The van der Waals surface area contributed by atoms with E-state index in [4.69, 9.17) is 0 Å². The number of nitrogens with zero attached hydrogens (tertiary/aromatic N) is 3. The summed E-state index contributed by atoms with van der Waals surface area (Å²) in [6.07, 6.45) is 1.46. The fourth-order valence-corrected chi connectivity index (χ4v) is 6.25. The van der Waals surface area contributed by atoms with Crippen LogP contribution in [0, 0.1) is 28.5 Å². The van der Waals surface area contributed by atoms with Crippen molar-refractivity contribution < 1.29 is 18.8 Å². The molecule has 1 saturated carbocycles. The third kappa shape index (κ3) is 4.34. The van der Waals surface area contributed by atoms with Crippen molar-refractivity contribution in [2.24, 2.45) is 22.7 Å². The molecule has 8 heteroatoms. The van der Waals surface area contributed by atoms with Gasteiger partial charge in [-0.15, -0.1) is 0 Å². The monoisotopic (exact) mass is 486 g/mol. The van der Waals surface area contributed by atoms with Crippen LogP contribution in [0.15, 0.2) is 24.3 Å². The van der Waals surface area contributed by atoms with Crippen LogP contribution in [0.4, 0.5) is 9.18 Å². The lowest BCUT2D eigenvalue weighted by Gasteiger charge is -2.41. The lowest BCUT2D eigenvalue weighted by atomic mass is 9.73. The lowest BCUT2D eigenvalue weighted by molar-refractivity contribution is -0.137. The van der Waals surface area contributed by atoms with Gasteiger partial charge in [-0.3, -0.25) is 14.5 Å². The number of carbonyl (C=O) groups is 3. The van der Waals surface area contributed by atoms with Crippen LogP contribution in [0.5, 0.6) is 0 Å². The van der Waals surface area contributed by atoms with Crippen LogP contribution in [0.25, 0.3) is 0 Å². The minimum atomic E-state index is -1.13. The third-order valence-electron chi connectivity index (χ3n) is 9.12. The number of urea groups is 1. The Kier molecular flexibility index (Phi) is 6.49. The molecule has 1 atom stereocenters. The number of amides is 4. The molecule has 4 amide bonds. The van der Waals surface area contributed by atoms with E-state index in [0.717, 1.165) is 0 Å².